The number of hydrogen-bond acceptors (Lipinski definition) is 4. The summed E-state index contributed by atoms with van der Waals surface area (Å²) in [4.78, 5) is 25.0. The molecule has 0 bridgehead atoms. The fraction of sp³-hybridized carbons (Fsp3) is 0.455. The molecule has 2 aromatic rings. The van der Waals surface area contributed by atoms with Gasteiger partial charge in [0.25, 0.3) is 5.91 Å². The van der Waals surface area contributed by atoms with Crippen LogP contribution in [0.2, 0.25) is 0 Å². The van der Waals surface area contributed by atoms with Crippen LogP contribution in [0.15, 0.2) is 36.5 Å². The number of H-pyrrole nitrogens is 1. The van der Waals surface area contributed by atoms with Gasteiger partial charge in [0.2, 0.25) is 0 Å². The lowest BCUT2D eigenvalue weighted by molar-refractivity contribution is -0.198. The van der Waals surface area contributed by atoms with E-state index in [4.69, 9.17) is 9.57 Å². The number of hydroxylamine groups is 1. The molecule has 2 N–H and O–H groups in total. The Bertz CT molecular complexity index is 797. The van der Waals surface area contributed by atoms with E-state index >= 15 is 0 Å². The molecule has 3 rings (SSSR count). The highest BCUT2D eigenvalue weighted by Crippen LogP contribution is 2.20. The van der Waals surface area contributed by atoms with Gasteiger partial charge < -0.3 is 9.72 Å². The van der Waals surface area contributed by atoms with Gasteiger partial charge in [0.15, 0.2) is 6.29 Å². The SMILES string of the molecule is CC(C)(C)c1cnc(Cc2ccc(C=CC(=O)NOC3CCCCO3)cc2)[nH]1. The van der Waals surface area contributed by atoms with Gasteiger partial charge in [-0.2, -0.15) is 0 Å². The third kappa shape index (κ3) is 6.04. The molecule has 0 spiro atoms. The number of imidazole rings is 1. The Labute approximate surface area is 166 Å². The molecule has 1 aliphatic heterocycles. The van der Waals surface area contributed by atoms with Crippen LogP contribution >= 0.6 is 0 Å². The maximum Gasteiger partial charge on any atom is 0.267 e. The summed E-state index contributed by atoms with van der Waals surface area (Å²) in [5, 5.41) is 0. The highest BCUT2D eigenvalue weighted by Gasteiger charge is 2.16. The number of nitrogens with one attached hydrogen (secondary N) is 2. The number of amides is 1. The highest BCUT2D eigenvalue weighted by molar-refractivity contribution is 5.90. The molecule has 1 saturated heterocycles. The summed E-state index contributed by atoms with van der Waals surface area (Å²) < 4.78 is 5.40. The van der Waals surface area contributed by atoms with Crippen LogP contribution in [0.4, 0.5) is 0 Å². The fourth-order valence-electron chi connectivity index (χ4n) is 2.91. The Morgan fingerprint density at radius 3 is 2.75 bits per heavy atom. The van der Waals surface area contributed by atoms with Crippen LogP contribution in [0.25, 0.3) is 6.08 Å². The number of aromatic nitrogens is 2. The van der Waals surface area contributed by atoms with Gasteiger partial charge in [-0.1, -0.05) is 45.0 Å². The standard InChI is InChI=1S/C22H29N3O3/c1-22(2,3)18-15-23-19(24-18)14-17-9-7-16(8-10-17)11-12-20(26)25-28-21-6-4-5-13-27-21/h7-12,15,21H,4-6,13-14H2,1-3H3,(H,23,24)(H,25,26). The average Bonchev–Trinajstić information content (AvgIpc) is 3.16. The Morgan fingerprint density at radius 2 is 2.11 bits per heavy atom. The molecule has 0 aliphatic carbocycles. The van der Waals surface area contributed by atoms with Crippen LogP contribution in [-0.2, 0) is 26.2 Å². The minimum Gasteiger partial charge on any atom is -0.350 e. The Balaban J connectivity index is 1.48. The van der Waals surface area contributed by atoms with Crippen molar-refractivity contribution in [1.29, 1.82) is 0 Å². The van der Waals surface area contributed by atoms with Gasteiger partial charge >= 0.3 is 0 Å². The van der Waals surface area contributed by atoms with Crippen molar-refractivity contribution in [1.82, 2.24) is 15.4 Å². The number of hydrogen-bond donors (Lipinski definition) is 2. The summed E-state index contributed by atoms with van der Waals surface area (Å²) in [6, 6.07) is 8.06. The summed E-state index contributed by atoms with van der Waals surface area (Å²) in [7, 11) is 0. The van der Waals surface area contributed by atoms with E-state index in [1.807, 2.05) is 30.5 Å². The predicted octanol–water partition coefficient (Wildman–Crippen LogP) is 3.89. The van der Waals surface area contributed by atoms with Gasteiger partial charge in [0.05, 0.1) is 0 Å². The molecule has 1 aromatic heterocycles. The molecular formula is C22H29N3O3. The molecule has 150 valence electrons. The number of aromatic amines is 1. The first-order valence-corrected chi connectivity index (χ1v) is 9.79. The smallest absolute Gasteiger partial charge is 0.267 e. The monoisotopic (exact) mass is 383 g/mol. The summed E-state index contributed by atoms with van der Waals surface area (Å²) in [5.74, 6) is 0.651. The van der Waals surface area contributed by atoms with Crippen LogP contribution in [-0.4, -0.2) is 28.8 Å². The van der Waals surface area contributed by atoms with Crippen LogP contribution in [0.5, 0.6) is 0 Å². The number of ether oxygens (including phenoxy) is 1. The molecule has 1 fully saturated rings. The molecule has 2 heterocycles. The topological polar surface area (TPSA) is 76.2 Å². The van der Waals surface area contributed by atoms with Crippen molar-refractivity contribution in [3.8, 4) is 0 Å². The summed E-state index contributed by atoms with van der Waals surface area (Å²) in [6.07, 6.45) is 8.43. The summed E-state index contributed by atoms with van der Waals surface area (Å²) in [5.41, 5.74) is 5.72. The van der Waals surface area contributed by atoms with Gasteiger partial charge in [-0.15, -0.1) is 0 Å². The minimum atomic E-state index is -0.342. The number of benzene rings is 1. The minimum absolute atomic E-state index is 0.0628. The molecule has 6 nitrogen and oxygen atoms in total. The second-order valence-corrected chi connectivity index (χ2v) is 8.13. The highest BCUT2D eigenvalue weighted by atomic mass is 16.8. The lowest BCUT2D eigenvalue weighted by Gasteiger charge is -2.21. The molecule has 1 amide bonds. The van der Waals surface area contributed by atoms with Crippen molar-refractivity contribution in [2.24, 2.45) is 0 Å². The Hall–Kier alpha value is -2.44. The summed E-state index contributed by atoms with van der Waals surface area (Å²) >= 11 is 0. The van der Waals surface area contributed by atoms with Crippen molar-refractivity contribution in [2.45, 2.75) is 58.2 Å². The van der Waals surface area contributed by atoms with Gasteiger partial charge in [0, 0.05) is 42.8 Å². The van der Waals surface area contributed by atoms with E-state index in [1.54, 1.807) is 6.08 Å². The van der Waals surface area contributed by atoms with Crippen molar-refractivity contribution >= 4 is 12.0 Å². The second-order valence-electron chi connectivity index (χ2n) is 8.13. The van der Waals surface area contributed by atoms with Crippen molar-refractivity contribution in [3.63, 3.8) is 0 Å². The van der Waals surface area contributed by atoms with Crippen molar-refractivity contribution in [2.75, 3.05) is 6.61 Å². The predicted molar refractivity (Wildman–Crippen MR) is 108 cm³/mol. The van der Waals surface area contributed by atoms with E-state index in [2.05, 4.69) is 36.2 Å². The molecule has 1 unspecified atom stereocenters. The normalized spacial score (nSPS) is 17.8. The molecule has 1 atom stereocenters. The van der Waals surface area contributed by atoms with E-state index in [9.17, 15) is 4.79 Å². The average molecular weight is 383 g/mol. The van der Waals surface area contributed by atoms with E-state index in [0.717, 1.165) is 48.3 Å². The van der Waals surface area contributed by atoms with E-state index in [0.29, 0.717) is 6.61 Å². The van der Waals surface area contributed by atoms with E-state index < -0.39 is 0 Å². The second kappa shape index (κ2) is 9.17. The van der Waals surface area contributed by atoms with Gasteiger partial charge in [-0.05, 0) is 30.0 Å². The zero-order chi connectivity index (χ0) is 20.0. The number of carbonyl (C=O) groups is 1. The molecular weight excluding hydrogens is 354 g/mol. The lowest BCUT2D eigenvalue weighted by atomic mass is 9.93. The maximum absolute atomic E-state index is 11.9. The molecule has 0 radical (unpaired) electrons. The molecule has 1 aliphatic rings. The Morgan fingerprint density at radius 1 is 1.32 bits per heavy atom. The number of nitrogens with zero attached hydrogens (tertiary/aromatic N) is 1. The molecule has 6 heteroatoms. The third-order valence-corrected chi connectivity index (χ3v) is 4.64. The number of carbonyl (C=O) groups excluding carboxylic acids is 1. The van der Waals surface area contributed by atoms with Crippen LogP contribution in [0, 0.1) is 0 Å². The molecule has 1 aromatic carbocycles. The summed E-state index contributed by atoms with van der Waals surface area (Å²) in [6.45, 7) is 7.16. The van der Waals surface area contributed by atoms with Gasteiger partial charge in [-0.3, -0.25) is 4.79 Å². The van der Waals surface area contributed by atoms with Crippen LogP contribution in [0.3, 0.4) is 0 Å². The van der Waals surface area contributed by atoms with Gasteiger partial charge in [-0.25, -0.2) is 15.3 Å². The van der Waals surface area contributed by atoms with Crippen molar-refractivity contribution < 1.29 is 14.4 Å². The van der Waals surface area contributed by atoms with Gasteiger partial charge in [0.1, 0.15) is 5.82 Å². The zero-order valence-corrected chi connectivity index (χ0v) is 16.8. The maximum atomic E-state index is 11.9. The first-order valence-electron chi connectivity index (χ1n) is 9.79. The largest absolute Gasteiger partial charge is 0.350 e. The quantitative estimate of drug-likeness (QED) is 0.586. The van der Waals surface area contributed by atoms with E-state index in [-0.39, 0.29) is 17.6 Å². The number of rotatable bonds is 6. The fourth-order valence-corrected chi connectivity index (χ4v) is 2.91. The molecule has 28 heavy (non-hydrogen) atoms. The Kier molecular flexibility index (Phi) is 6.65. The molecule has 0 saturated carbocycles. The van der Waals surface area contributed by atoms with Crippen LogP contribution < -0.4 is 5.48 Å². The van der Waals surface area contributed by atoms with E-state index in [1.165, 1.54) is 6.08 Å². The van der Waals surface area contributed by atoms with Crippen molar-refractivity contribution in [3.05, 3.63) is 59.2 Å². The third-order valence-electron chi connectivity index (χ3n) is 4.64. The lowest BCUT2D eigenvalue weighted by Crippen LogP contribution is -2.32. The zero-order valence-electron chi connectivity index (χ0n) is 16.8. The van der Waals surface area contributed by atoms with Crippen LogP contribution in [0.1, 0.15) is 62.7 Å². The first kappa shape index (κ1) is 20.3. The first-order chi connectivity index (χ1) is 13.4.